The zero-order valence-electron chi connectivity index (χ0n) is 11.7. The van der Waals surface area contributed by atoms with Gasteiger partial charge in [-0.1, -0.05) is 18.2 Å². The number of nitrogen functional groups attached to an aromatic ring is 1. The molecule has 0 saturated carbocycles. The Balaban J connectivity index is 1.75. The van der Waals surface area contributed by atoms with Gasteiger partial charge in [-0.3, -0.25) is 0 Å². The van der Waals surface area contributed by atoms with Gasteiger partial charge in [0.1, 0.15) is 11.5 Å². The van der Waals surface area contributed by atoms with Crippen molar-refractivity contribution >= 4 is 17.2 Å². The van der Waals surface area contributed by atoms with E-state index in [-0.39, 0.29) is 0 Å². The summed E-state index contributed by atoms with van der Waals surface area (Å²) in [6.45, 7) is 0. The predicted octanol–water partition coefficient (Wildman–Crippen LogP) is 4.06. The van der Waals surface area contributed by atoms with Gasteiger partial charge in [-0.25, -0.2) is 4.68 Å². The van der Waals surface area contributed by atoms with Crippen molar-refractivity contribution in [3.05, 3.63) is 52.9 Å². The number of thiophene rings is 1. The van der Waals surface area contributed by atoms with Crippen molar-refractivity contribution in [1.82, 2.24) is 9.78 Å². The van der Waals surface area contributed by atoms with Crippen LogP contribution in [0, 0.1) is 0 Å². The van der Waals surface area contributed by atoms with E-state index in [1.807, 2.05) is 52.4 Å². The summed E-state index contributed by atoms with van der Waals surface area (Å²) in [6.07, 6.45) is 5.05. The molecule has 0 bridgehead atoms. The molecule has 4 rings (SSSR count). The fourth-order valence-corrected chi connectivity index (χ4v) is 4.12. The number of anilines is 1. The highest BCUT2D eigenvalue weighted by molar-refractivity contribution is 7.15. The minimum atomic E-state index is 0.683. The van der Waals surface area contributed by atoms with Crippen molar-refractivity contribution < 1.29 is 0 Å². The van der Waals surface area contributed by atoms with E-state index in [1.54, 1.807) is 0 Å². The zero-order chi connectivity index (χ0) is 14.2. The lowest BCUT2D eigenvalue weighted by Gasteiger charge is -2.08. The number of fused-ring (bicyclic) bond motifs is 1. The average molecular weight is 295 g/mol. The first-order valence-electron chi connectivity index (χ1n) is 7.34. The number of aromatic nitrogens is 2. The van der Waals surface area contributed by atoms with Crippen LogP contribution in [0.3, 0.4) is 0 Å². The molecule has 0 atom stereocenters. The Kier molecular flexibility index (Phi) is 3.04. The van der Waals surface area contributed by atoms with Crippen LogP contribution in [0.15, 0.2) is 42.5 Å². The van der Waals surface area contributed by atoms with Crippen LogP contribution in [-0.2, 0) is 12.8 Å². The summed E-state index contributed by atoms with van der Waals surface area (Å²) in [5.41, 5.74) is 9.63. The van der Waals surface area contributed by atoms with Gasteiger partial charge in [0.15, 0.2) is 0 Å². The Hall–Kier alpha value is -2.07. The molecule has 106 valence electrons. The Morgan fingerprint density at radius 1 is 1.05 bits per heavy atom. The number of rotatable bonds is 2. The fraction of sp³-hybridized carbons (Fsp3) is 0.235. The molecule has 1 aromatic carbocycles. The van der Waals surface area contributed by atoms with Crippen LogP contribution >= 0.6 is 11.3 Å². The standard InChI is InChI=1S/C17H17N3S/c18-17-11-14(19-20(17)13-7-2-1-3-8-13)16-10-12-6-4-5-9-15(12)21-16/h1-3,7-8,10-11H,4-6,9,18H2. The summed E-state index contributed by atoms with van der Waals surface area (Å²) < 4.78 is 1.81. The smallest absolute Gasteiger partial charge is 0.127 e. The molecule has 2 heterocycles. The van der Waals surface area contributed by atoms with Crippen molar-refractivity contribution in [3.8, 4) is 16.3 Å². The SMILES string of the molecule is Nc1cc(-c2cc3c(s2)CCCC3)nn1-c1ccccc1. The summed E-state index contributed by atoms with van der Waals surface area (Å²) in [7, 11) is 0. The molecule has 3 aromatic rings. The highest BCUT2D eigenvalue weighted by Crippen LogP contribution is 2.36. The van der Waals surface area contributed by atoms with Crippen LogP contribution in [0.1, 0.15) is 23.3 Å². The topological polar surface area (TPSA) is 43.8 Å². The van der Waals surface area contributed by atoms with Crippen molar-refractivity contribution in [2.24, 2.45) is 0 Å². The Labute approximate surface area is 128 Å². The number of benzene rings is 1. The second-order valence-corrected chi connectivity index (χ2v) is 6.60. The van der Waals surface area contributed by atoms with Gasteiger partial charge in [-0.15, -0.1) is 11.3 Å². The maximum Gasteiger partial charge on any atom is 0.127 e. The number of para-hydroxylation sites is 1. The maximum absolute atomic E-state index is 6.14. The predicted molar refractivity (Wildman–Crippen MR) is 87.9 cm³/mol. The van der Waals surface area contributed by atoms with Crippen LogP contribution in [0.2, 0.25) is 0 Å². The number of aryl methyl sites for hydroxylation is 2. The molecular weight excluding hydrogens is 278 g/mol. The minimum absolute atomic E-state index is 0.683. The number of hydrogen-bond donors (Lipinski definition) is 1. The normalized spacial score (nSPS) is 14.1. The molecule has 0 fully saturated rings. The van der Waals surface area contributed by atoms with E-state index in [0.717, 1.165) is 11.4 Å². The first kappa shape index (κ1) is 12.7. The molecule has 21 heavy (non-hydrogen) atoms. The maximum atomic E-state index is 6.14. The zero-order valence-corrected chi connectivity index (χ0v) is 12.6. The first-order valence-corrected chi connectivity index (χ1v) is 8.16. The number of nitrogens with zero attached hydrogens (tertiary/aromatic N) is 2. The number of nitrogens with two attached hydrogens (primary N) is 1. The van der Waals surface area contributed by atoms with Gasteiger partial charge in [0.05, 0.1) is 10.6 Å². The van der Waals surface area contributed by atoms with Crippen molar-refractivity contribution in [2.45, 2.75) is 25.7 Å². The van der Waals surface area contributed by atoms with E-state index in [0.29, 0.717) is 5.82 Å². The molecule has 3 nitrogen and oxygen atoms in total. The lowest BCUT2D eigenvalue weighted by Crippen LogP contribution is -2.00. The Morgan fingerprint density at radius 3 is 2.67 bits per heavy atom. The van der Waals surface area contributed by atoms with Crippen molar-refractivity contribution in [1.29, 1.82) is 0 Å². The van der Waals surface area contributed by atoms with Gasteiger partial charge in [-0.2, -0.15) is 5.10 Å². The average Bonchev–Trinajstić information content (AvgIpc) is 3.11. The quantitative estimate of drug-likeness (QED) is 0.774. The molecule has 0 saturated heterocycles. The first-order chi connectivity index (χ1) is 10.3. The highest BCUT2D eigenvalue weighted by atomic mass is 32.1. The lowest BCUT2D eigenvalue weighted by atomic mass is 9.99. The van der Waals surface area contributed by atoms with Gasteiger partial charge < -0.3 is 5.73 Å². The second kappa shape index (κ2) is 5.04. The summed E-state index contributed by atoms with van der Waals surface area (Å²) in [5, 5.41) is 4.70. The fourth-order valence-electron chi connectivity index (χ4n) is 2.91. The summed E-state index contributed by atoms with van der Waals surface area (Å²) in [4.78, 5) is 2.77. The van der Waals surface area contributed by atoms with E-state index in [4.69, 9.17) is 10.8 Å². The van der Waals surface area contributed by atoms with Gasteiger partial charge in [0.2, 0.25) is 0 Å². The van der Waals surface area contributed by atoms with E-state index in [9.17, 15) is 0 Å². The molecule has 0 spiro atoms. The summed E-state index contributed by atoms with van der Waals surface area (Å²) in [5.74, 6) is 0.683. The van der Waals surface area contributed by atoms with Crippen molar-refractivity contribution in [3.63, 3.8) is 0 Å². The van der Waals surface area contributed by atoms with E-state index in [2.05, 4.69) is 6.07 Å². The Morgan fingerprint density at radius 2 is 1.86 bits per heavy atom. The largest absolute Gasteiger partial charge is 0.384 e. The van der Waals surface area contributed by atoms with Gasteiger partial charge in [-0.05, 0) is 49.4 Å². The minimum Gasteiger partial charge on any atom is -0.384 e. The van der Waals surface area contributed by atoms with Gasteiger partial charge >= 0.3 is 0 Å². The van der Waals surface area contributed by atoms with Crippen LogP contribution in [-0.4, -0.2) is 9.78 Å². The highest BCUT2D eigenvalue weighted by Gasteiger charge is 2.16. The van der Waals surface area contributed by atoms with Crippen LogP contribution in [0.25, 0.3) is 16.3 Å². The van der Waals surface area contributed by atoms with E-state index in [1.165, 1.54) is 41.0 Å². The molecule has 0 amide bonds. The summed E-state index contributed by atoms with van der Waals surface area (Å²) >= 11 is 1.87. The molecule has 4 heteroatoms. The molecule has 0 unspecified atom stereocenters. The number of hydrogen-bond acceptors (Lipinski definition) is 3. The second-order valence-electron chi connectivity index (χ2n) is 5.47. The van der Waals surface area contributed by atoms with Crippen LogP contribution in [0.5, 0.6) is 0 Å². The van der Waals surface area contributed by atoms with E-state index < -0.39 is 0 Å². The molecule has 0 radical (unpaired) electrons. The lowest BCUT2D eigenvalue weighted by molar-refractivity contribution is 0.697. The molecule has 1 aliphatic rings. The van der Waals surface area contributed by atoms with Gasteiger partial charge in [0.25, 0.3) is 0 Å². The molecule has 1 aliphatic carbocycles. The van der Waals surface area contributed by atoms with Crippen LogP contribution < -0.4 is 5.73 Å². The van der Waals surface area contributed by atoms with Crippen LogP contribution in [0.4, 0.5) is 5.82 Å². The molecule has 2 N–H and O–H groups in total. The summed E-state index contributed by atoms with van der Waals surface area (Å²) in [6, 6.07) is 14.3. The third kappa shape index (κ3) is 2.25. The molecule has 2 aromatic heterocycles. The van der Waals surface area contributed by atoms with E-state index >= 15 is 0 Å². The van der Waals surface area contributed by atoms with Gasteiger partial charge in [0, 0.05) is 10.9 Å². The Bertz CT molecular complexity index is 747. The third-order valence-electron chi connectivity index (χ3n) is 3.99. The molecule has 0 aliphatic heterocycles. The monoisotopic (exact) mass is 295 g/mol. The van der Waals surface area contributed by atoms with Crippen molar-refractivity contribution in [2.75, 3.05) is 5.73 Å². The molecular formula is C17H17N3S. The third-order valence-corrected chi connectivity index (χ3v) is 5.25.